The molecule has 0 aliphatic carbocycles. The van der Waals surface area contributed by atoms with Crippen molar-refractivity contribution >= 4 is 28.5 Å². The Bertz CT molecular complexity index is 472. The van der Waals surface area contributed by atoms with Gasteiger partial charge in [-0.1, -0.05) is 0 Å². The first-order chi connectivity index (χ1) is 9.65. The van der Waals surface area contributed by atoms with Gasteiger partial charge in [0.25, 0.3) is 5.91 Å². The standard InChI is InChI=1S/C15H20INO3/c1-3-17(10-12-5-4-8-20-12)15(18)11-6-7-14(19-2)13(16)9-11/h6-7,9,12H,3-5,8,10H2,1-2H3. The van der Waals surface area contributed by atoms with Gasteiger partial charge in [-0.25, -0.2) is 0 Å². The lowest BCUT2D eigenvalue weighted by molar-refractivity contribution is 0.0539. The van der Waals surface area contributed by atoms with E-state index in [0.717, 1.165) is 28.8 Å². The molecule has 1 atom stereocenters. The molecule has 0 spiro atoms. The summed E-state index contributed by atoms with van der Waals surface area (Å²) in [5.41, 5.74) is 0.704. The zero-order chi connectivity index (χ0) is 14.5. The van der Waals surface area contributed by atoms with Crippen LogP contribution in [0.1, 0.15) is 30.1 Å². The minimum absolute atomic E-state index is 0.0589. The topological polar surface area (TPSA) is 38.8 Å². The number of carbonyl (C=O) groups is 1. The van der Waals surface area contributed by atoms with Gasteiger partial charge >= 0.3 is 0 Å². The number of nitrogens with zero attached hydrogens (tertiary/aromatic N) is 1. The van der Waals surface area contributed by atoms with Crippen LogP contribution in [0, 0.1) is 3.57 Å². The van der Waals surface area contributed by atoms with Gasteiger partial charge < -0.3 is 14.4 Å². The van der Waals surface area contributed by atoms with Crippen molar-refractivity contribution in [3.8, 4) is 5.75 Å². The number of hydrogen-bond acceptors (Lipinski definition) is 3. The lowest BCUT2D eigenvalue weighted by Gasteiger charge is -2.24. The number of ether oxygens (including phenoxy) is 2. The van der Waals surface area contributed by atoms with Crippen LogP contribution in [-0.4, -0.2) is 43.7 Å². The molecular formula is C15H20INO3. The Morgan fingerprint density at radius 2 is 2.35 bits per heavy atom. The Labute approximate surface area is 133 Å². The van der Waals surface area contributed by atoms with Crippen molar-refractivity contribution in [3.63, 3.8) is 0 Å². The molecule has 1 amide bonds. The number of benzene rings is 1. The van der Waals surface area contributed by atoms with Gasteiger partial charge in [0.15, 0.2) is 0 Å². The van der Waals surface area contributed by atoms with Gasteiger partial charge in [0.05, 0.1) is 16.8 Å². The number of hydrogen-bond donors (Lipinski definition) is 0. The summed E-state index contributed by atoms with van der Waals surface area (Å²) in [7, 11) is 1.63. The van der Waals surface area contributed by atoms with E-state index in [4.69, 9.17) is 9.47 Å². The van der Waals surface area contributed by atoms with Crippen LogP contribution in [0.2, 0.25) is 0 Å². The average Bonchev–Trinajstić information content (AvgIpc) is 2.97. The second kappa shape index (κ2) is 7.26. The SMILES string of the molecule is CCN(CC1CCCO1)C(=O)c1ccc(OC)c(I)c1. The number of halogens is 1. The monoisotopic (exact) mass is 389 g/mol. The molecule has 110 valence electrons. The van der Waals surface area contributed by atoms with E-state index < -0.39 is 0 Å². The van der Waals surface area contributed by atoms with Crippen molar-refractivity contribution in [2.45, 2.75) is 25.9 Å². The molecule has 4 nitrogen and oxygen atoms in total. The summed E-state index contributed by atoms with van der Waals surface area (Å²) in [6.07, 6.45) is 2.33. The van der Waals surface area contributed by atoms with Gasteiger partial charge in [0, 0.05) is 25.3 Å². The van der Waals surface area contributed by atoms with Gasteiger partial charge in [0.2, 0.25) is 0 Å². The first-order valence-corrected chi connectivity index (χ1v) is 7.98. The summed E-state index contributed by atoms with van der Waals surface area (Å²) in [5.74, 6) is 0.855. The fraction of sp³-hybridized carbons (Fsp3) is 0.533. The summed E-state index contributed by atoms with van der Waals surface area (Å²) in [4.78, 5) is 14.4. The minimum atomic E-state index is 0.0589. The van der Waals surface area contributed by atoms with Crippen molar-refractivity contribution in [1.29, 1.82) is 0 Å². The van der Waals surface area contributed by atoms with Crippen LogP contribution in [0.3, 0.4) is 0 Å². The number of rotatable bonds is 5. The van der Waals surface area contributed by atoms with Crippen molar-refractivity contribution in [2.24, 2.45) is 0 Å². The summed E-state index contributed by atoms with van der Waals surface area (Å²) in [5, 5.41) is 0. The number of likely N-dealkylation sites (N-methyl/N-ethyl adjacent to an activating group) is 1. The van der Waals surface area contributed by atoms with E-state index in [2.05, 4.69) is 22.6 Å². The molecule has 1 aliphatic heterocycles. The first kappa shape index (κ1) is 15.6. The maximum atomic E-state index is 12.5. The fourth-order valence-corrected chi connectivity index (χ4v) is 3.11. The van der Waals surface area contributed by atoms with E-state index in [9.17, 15) is 4.79 Å². The third kappa shape index (κ3) is 3.63. The normalized spacial score (nSPS) is 18.1. The van der Waals surface area contributed by atoms with E-state index in [0.29, 0.717) is 18.7 Å². The second-order valence-corrected chi connectivity index (χ2v) is 5.99. The average molecular weight is 389 g/mol. The summed E-state index contributed by atoms with van der Waals surface area (Å²) < 4.78 is 11.8. The predicted molar refractivity (Wildman–Crippen MR) is 86.3 cm³/mol. The van der Waals surface area contributed by atoms with Crippen molar-refractivity contribution in [1.82, 2.24) is 4.90 Å². The highest BCUT2D eigenvalue weighted by Crippen LogP contribution is 2.23. The molecule has 1 saturated heterocycles. The maximum Gasteiger partial charge on any atom is 0.253 e. The Balaban J connectivity index is 2.09. The van der Waals surface area contributed by atoms with Gasteiger partial charge in [-0.3, -0.25) is 4.79 Å². The van der Waals surface area contributed by atoms with Crippen molar-refractivity contribution in [2.75, 3.05) is 26.8 Å². The zero-order valence-corrected chi connectivity index (χ0v) is 14.1. The van der Waals surface area contributed by atoms with Gasteiger partial charge in [-0.15, -0.1) is 0 Å². The highest BCUT2D eigenvalue weighted by atomic mass is 127. The van der Waals surface area contributed by atoms with Crippen molar-refractivity contribution < 1.29 is 14.3 Å². The van der Waals surface area contributed by atoms with Crippen molar-refractivity contribution in [3.05, 3.63) is 27.3 Å². The van der Waals surface area contributed by atoms with Crippen LogP contribution in [0.4, 0.5) is 0 Å². The van der Waals surface area contributed by atoms with Crippen LogP contribution in [0.25, 0.3) is 0 Å². The molecule has 0 bridgehead atoms. The molecule has 1 unspecified atom stereocenters. The third-order valence-corrected chi connectivity index (χ3v) is 4.36. The van der Waals surface area contributed by atoms with E-state index >= 15 is 0 Å². The van der Waals surface area contributed by atoms with Gasteiger partial charge in [-0.05, 0) is 60.6 Å². The number of amides is 1. The first-order valence-electron chi connectivity index (χ1n) is 6.90. The fourth-order valence-electron chi connectivity index (χ4n) is 2.37. The smallest absolute Gasteiger partial charge is 0.253 e. The largest absolute Gasteiger partial charge is 0.496 e. The molecule has 1 heterocycles. The predicted octanol–water partition coefficient (Wildman–Crippen LogP) is 2.94. The molecule has 1 aliphatic rings. The van der Waals surface area contributed by atoms with Gasteiger partial charge in [-0.2, -0.15) is 0 Å². The van der Waals surface area contributed by atoms with Crippen LogP contribution < -0.4 is 4.74 Å². The molecule has 5 heteroatoms. The number of carbonyl (C=O) groups excluding carboxylic acids is 1. The van der Waals surface area contributed by atoms with E-state index in [-0.39, 0.29) is 12.0 Å². The molecule has 0 saturated carbocycles. The van der Waals surface area contributed by atoms with Gasteiger partial charge in [0.1, 0.15) is 5.75 Å². The van der Waals surface area contributed by atoms with E-state index in [1.807, 2.05) is 30.0 Å². The molecule has 0 aromatic heterocycles. The Hall–Kier alpha value is -0.820. The molecular weight excluding hydrogens is 369 g/mol. The lowest BCUT2D eigenvalue weighted by atomic mass is 10.1. The van der Waals surface area contributed by atoms with Crippen LogP contribution in [-0.2, 0) is 4.74 Å². The highest BCUT2D eigenvalue weighted by Gasteiger charge is 2.22. The second-order valence-electron chi connectivity index (χ2n) is 4.83. The number of methoxy groups -OCH3 is 1. The Morgan fingerprint density at radius 1 is 1.55 bits per heavy atom. The van der Waals surface area contributed by atoms with Crippen LogP contribution in [0.5, 0.6) is 5.75 Å². The quantitative estimate of drug-likeness (QED) is 0.727. The molecule has 1 aromatic rings. The summed E-state index contributed by atoms with van der Waals surface area (Å²) in [6, 6.07) is 5.54. The lowest BCUT2D eigenvalue weighted by Crippen LogP contribution is -2.37. The molecule has 1 fully saturated rings. The molecule has 0 radical (unpaired) electrons. The summed E-state index contributed by atoms with van der Waals surface area (Å²) in [6.45, 7) is 4.19. The Kier molecular flexibility index (Phi) is 5.65. The van der Waals surface area contributed by atoms with E-state index in [1.165, 1.54) is 0 Å². The molecule has 20 heavy (non-hydrogen) atoms. The van der Waals surface area contributed by atoms with E-state index in [1.54, 1.807) is 7.11 Å². The summed E-state index contributed by atoms with van der Waals surface area (Å²) >= 11 is 2.18. The molecule has 2 rings (SSSR count). The third-order valence-electron chi connectivity index (χ3n) is 3.52. The maximum absolute atomic E-state index is 12.5. The zero-order valence-electron chi connectivity index (χ0n) is 11.9. The minimum Gasteiger partial charge on any atom is -0.496 e. The van der Waals surface area contributed by atoms with Crippen LogP contribution >= 0.6 is 22.6 Å². The Morgan fingerprint density at radius 3 is 2.90 bits per heavy atom. The molecule has 1 aromatic carbocycles. The highest BCUT2D eigenvalue weighted by molar-refractivity contribution is 14.1. The molecule has 0 N–H and O–H groups in total. The van der Waals surface area contributed by atoms with Crippen LogP contribution in [0.15, 0.2) is 18.2 Å².